The predicted molar refractivity (Wildman–Crippen MR) is 141 cm³/mol. The van der Waals surface area contributed by atoms with Crippen molar-refractivity contribution in [2.24, 2.45) is 15.2 Å². The Morgan fingerprint density at radius 1 is 1.34 bits per heavy atom. The van der Waals surface area contributed by atoms with Crippen molar-refractivity contribution in [2.45, 2.75) is 26.8 Å². The number of nitrogens with zero attached hydrogens (tertiary/aromatic N) is 5. The van der Waals surface area contributed by atoms with Gasteiger partial charge in [-0.1, -0.05) is 31.4 Å². The summed E-state index contributed by atoms with van der Waals surface area (Å²) in [6, 6.07) is 4.52. The normalized spacial score (nSPS) is 12.2. The van der Waals surface area contributed by atoms with Gasteiger partial charge in [-0.3, -0.25) is 9.98 Å². The topological polar surface area (TPSA) is 62.4 Å². The summed E-state index contributed by atoms with van der Waals surface area (Å²) < 4.78 is 45.6. The second kappa shape index (κ2) is 12.8. The minimum absolute atomic E-state index is 0.0461. The third-order valence-corrected chi connectivity index (χ3v) is 5.26. The third kappa shape index (κ3) is 6.96. The Morgan fingerprint density at radius 3 is 2.63 bits per heavy atom. The predicted octanol–water partition coefficient (Wildman–Crippen LogP) is 5.41. The summed E-state index contributed by atoms with van der Waals surface area (Å²) in [7, 11) is 3.76. The molecule has 0 aliphatic heterocycles. The van der Waals surface area contributed by atoms with E-state index >= 15 is 0 Å². The van der Waals surface area contributed by atoms with E-state index in [2.05, 4.69) is 49.3 Å². The lowest BCUT2D eigenvalue weighted by atomic mass is 10.0. The van der Waals surface area contributed by atoms with E-state index in [1.807, 2.05) is 25.1 Å². The number of hydrogen-bond acceptors (Lipinski definition) is 6. The van der Waals surface area contributed by atoms with Crippen LogP contribution in [0, 0.1) is 5.82 Å². The fourth-order valence-corrected chi connectivity index (χ4v) is 3.55. The van der Waals surface area contributed by atoms with Crippen molar-refractivity contribution in [3.63, 3.8) is 0 Å². The van der Waals surface area contributed by atoms with Crippen LogP contribution in [0.25, 0.3) is 12.2 Å². The molecule has 10 heteroatoms. The van der Waals surface area contributed by atoms with Gasteiger partial charge >= 0.3 is 0 Å². The van der Waals surface area contributed by atoms with E-state index < -0.39 is 18.0 Å². The first-order valence-corrected chi connectivity index (χ1v) is 11.0. The minimum atomic E-state index is -2.90. The van der Waals surface area contributed by atoms with E-state index in [9.17, 15) is 13.2 Å². The van der Waals surface area contributed by atoms with Crippen LogP contribution in [0.2, 0.25) is 0 Å². The Labute approximate surface area is 205 Å². The zero-order valence-electron chi connectivity index (χ0n) is 19.8. The summed E-state index contributed by atoms with van der Waals surface area (Å²) in [6.07, 6.45) is 4.31. The Bertz CT molecular complexity index is 1210. The molecule has 2 aromatic rings. The zero-order valence-corrected chi connectivity index (χ0v) is 21.0. The summed E-state index contributed by atoms with van der Waals surface area (Å²) in [5.41, 5.74) is 3.30. The Morgan fingerprint density at radius 2 is 2.06 bits per heavy atom. The number of alkyl halides is 2. The highest BCUT2D eigenvalue weighted by Crippen LogP contribution is 2.20. The van der Waals surface area contributed by atoms with Crippen molar-refractivity contribution in [3.8, 4) is 0 Å². The molecule has 0 saturated carbocycles. The van der Waals surface area contributed by atoms with Gasteiger partial charge in [0.15, 0.2) is 5.76 Å². The molecule has 1 atom stereocenters. The summed E-state index contributed by atoms with van der Waals surface area (Å²) in [6.45, 7) is 14.2. The molecule has 0 saturated heterocycles. The number of aliphatic imine (C=N–C) groups is 1. The lowest BCUT2D eigenvalue weighted by Gasteiger charge is -2.17. The summed E-state index contributed by atoms with van der Waals surface area (Å²) in [4.78, 5) is 8.24. The van der Waals surface area contributed by atoms with Crippen LogP contribution in [0.15, 0.2) is 64.6 Å². The monoisotopic (exact) mass is 501 g/mol. The maximum Gasteiger partial charge on any atom is 0.294 e. The molecule has 0 aliphatic carbocycles. The first-order valence-electron chi connectivity index (χ1n) is 10.4. The van der Waals surface area contributed by atoms with Crippen molar-refractivity contribution >= 4 is 45.0 Å². The van der Waals surface area contributed by atoms with E-state index in [0.717, 1.165) is 17.2 Å². The molecule has 0 fully saturated rings. The molecule has 1 heterocycles. The van der Waals surface area contributed by atoms with Crippen LogP contribution >= 0.6 is 9.24 Å². The second-order valence-electron chi connectivity index (χ2n) is 7.15. The molecule has 0 radical (unpaired) electrons. The number of pyridine rings is 1. The molecule has 0 spiro atoms. The molecular formula is C25H27F3N5OP. The van der Waals surface area contributed by atoms with Crippen molar-refractivity contribution in [1.82, 2.24) is 10.1 Å². The minimum Gasteiger partial charge on any atom is -0.438 e. The van der Waals surface area contributed by atoms with Crippen molar-refractivity contribution in [2.75, 3.05) is 7.05 Å². The van der Waals surface area contributed by atoms with Gasteiger partial charge < -0.3 is 4.74 Å². The summed E-state index contributed by atoms with van der Waals surface area (Å²) >= 11 is 0. The number of benzene rings is 1. The molecule has 1 aromatic carbocycles. The first-order chi connectivity index (χ1) is 16.7. The molecule has 0 bridgehead atoms. The molecule has 184 valence electrons. The quantitative estimate of drug-likeness (QED) is 0.144. The molecule has 0 aliphatic rings. The van der Waals surface area contributed by atoms with Gasteiger partial charge in [0, 0.05) is 36.7 Å². The fraction of sp³-hybridized carbons (Fsp3) is 0.200. The van der Waals surface area contributed by atoms with Gasteiger partial charge in [0.05, 0.1) is 18.0 Å². The Kier molecular flexibility index (Phi) is 10.1. The smallest absolute Gasteiger partial charge is 0.294 e. The zero-order chi connectivity index (χ0) is 26.1. The number of ether oxygens (including phenoxy) is 1. The molecule has 1 unspecified atom stereocenters. The van der Waals surface area contributed by atoms with E-state index in [1.165, 1.54) is 18.2 Å². The van der Waals surface area contributed by atoms with Crippen LogP contribution in [0.3, 0.4) is 0 Å². The van der Waals surface area contributed by atoms with E-state index in [-0.39, 0.29) is 23.6 Å². The summed E-state index contributed by atoms with van der Waals surface area (Å²) in [5, 5.41) is 10.0. The van der Waals surface area contributed by atoms with Crippen molar-refractivity contribution in [1.29, 1.82) is 0 Å². The fourth-order valence-electron chi connectivity index (χ4n) is 3.14. The number of hydrogen-bond donors (Lipinski definition) is 0. The van der Waals surface area contributed by atoms with Crippen LogP contribution in [0.1, 0.15) is 41.8 Å². The number of hydrazone groups is 2. The third-order valence-electron chi connectivity index (χ3n) is 4.78. The maximum atomic E-state index is 15.0. The lowest BCUT2D eigenvalue weighted by molar-refractivity contribution is 0.135. The number of allylic oxidation sites excluding steroid dienone is 2. The van der Waals surface area contributed by atoms with Gasteiger partial charge in [-0.05, 0) is 42.9 Å². The number of halogens is 3. The van der Waals surface area contributed by atoms with E-state index in [4.69, 9.17) is 4.74 Å². The van der Waals surface area contributed by atoms with Crippen LogP contribution in [0.5, 0.6) is 0 Å². The van der Waals surface area contributed by atoms with Gasteiger partial charge in [-0.15, -0.1) is 9.24 Å². The van der Waals surface area contributed by atoms with E-state index in [0.29, 0.717) is 16.7 Å². The molecule has 2 rings (SSSR count). The molecule has 6 nitrogen and oxygen atoms in total. The highest BCUT2D eigenvalue weighted by Gasteiger charge is 2.19. The molecular weight excluding hydrogens is 474 g/mol. The number of rotatable bonds is 10. The highest BCUT2D eigenvalue weighted by molar-refractivity contribution is 7.27. The largest absolute Gasteiger partial charge is 0.438 e. The van der Waals surface area contributed by atoms with Gasteiger partial charge in [0.2, 0.25) is 5.90 Å². The summed E-state index contributed by atoms with van der Waals surface area (Å²) in [5.74, 6) is -1.58. The van der Waals surface area contributed by atoms with Gasteiger partial charge in [0.1, 0.15) is 5.82 Å². The van der Waals surface area contributed by atoms with Crippen LogP contribution in [-0.4, -0.2) is 41.9 Å². The average Bonchev–Trinajstić information content (AvgIpc) is 2.83. The standard InChI is InChI=1S/C25H27F3N5OP/c1-7-9-17-10-11-31-23(19(17)8-2)15(3)32-33(30-6)14-18-12-22(35)20(13-21(18)26)25(29-5)34-16(4)24(27)28/h7-13,24H,2,4,6,14,35H2,1,3,5H3/b9-7-,29-25?,32-15+. The van der Waals surface area contributed by atoms with Crippen molar-refractivity contribution in [3.05, 3.63) is 83.2 Å². The SMILES string of the molecule is C=Cc1c(/C=C\C)ccnc1/C(C)=N/N(Cc1cc(P)c(C(=NC)OC(=C)C(F)F)cc1F)N=C. The average molecular weight is 501 g/mol. The maximum absolute atomic E-state index is 15.0. The van der Waals surface area contributed by atoms with Gasteiger partial charge in [-0.2, -0.15) is 15.3 Å². The second-order valence-corrected chi connectivity index (χ2v) is 7.77. The van der Waals surface area contributed by atoms with Crippen LogP contribution < -0.4 is 5.30 Å². The molecule has 1 aromatic heterocycles. The Balaban J connectivity index is 2.37. The molecule has 35 heavy (non-hydrogen) atoms. The van der Waals surface area contributed by atoms with Crippen molar-refractivity contribution < 1.29 is 17.9 Å². The first kappa shape index (κ1) is 27.7. The lowest BCUT2D eigenvalue weighted by Crippen LogP contribution is -2.20. The van der Waals surface area contributed by atoms with Crippen LogP contribution in [-0.2, 0) is 11.3 Å². The molecule has 0 N–H and O–H groups in total. The van der Waals surface area contributed by atoms with Gasteiger partial charge in [0.25, 0.3) is 6.43 Å². The van der Waals surface area contributed by atoms with Crippen LogP contribution in [0.4, 0.5) is 13.2 Å². The number of aromatic nitrogens is 1. The van der Waals surface area contributed by atoms with E-state index in [1.54, 1.807) is 19.2 Å². The Hall–Kier alpha value is -3.58. The molecule has 0 amide bonds. The van der Waals surface area contributed by atoms with Gasteiger partial charge in [-0.25, -0.2) is 13.2 Å². The highest BCUT2D eigenvalue weighted by atomic mass is 31.0.